The van der Waals surface area contributed by atoms with Gasteiger partial charge < -0.3 is 9.67 Å². The molecule has 0 bridgehead atoms. The number of hydrogen-bond acceptors (Lipinski definition) is 4. The number of halogens is 1. The van der Waals surface area contributed by atoms with E-state index < -0.39 is 16.1 Å². The molecule has 2 heterocycles. The highest BCUT2D eigenvalue weighted by atomic mass is 79.9. The van der Waals surface area contributed by atoms with Gasteiger partial charge in [0.25, 0.3) is 0 Å². The maximum atomic E-state index is 12.0. The number of aliphatic hydroxyl groups excluding tert-OH is 1. The molecule has 20 heavy (non-hydrogen) atoms. The minimum absolute atomic E-state index is 0.185. The smallest absolute Gasteiger partial charge is 0.250 e. The average molecular weight is 379 g/mol. The van der Waals surface area contributed by atoms with E-state index in [0.29, 0.717) is 6.42 Å². The fourth-order valence-corrected chi connectivity index (χ4v) is 4.91. The van der Waals surface area contributed by atoms with Gasteiger partial charge in [-0.15, -0.1) is 11.3 Å². The molecule has 0 saturated heterocycles. The number of aryl methyl sites for hydroxylation is 1. The topological polar surface area (TPSA) is 71.3 Å². The van der Waals surface area contributed by atoms with Crippen LogP contribution < -0.4 is 4.72 Å². The van der Waals surface area contributed by atoms with Crippen LogP contribution in [-0.2, 0) is 17.1 Å². The van der Waals surface area contributed by atoms with Crippen LogP contribution in [-0.4, -0.2) is 24.6 Å². The number of hydrogen-bond donors (Lipinski definition) is 2. The fourth-order valence-electron chi connectivity index (χ4n) is 1.81. The Morgan fingerprint density at radius 3 is 2.75 bits per heavy atom. The van der Waals surface area contributed by atoms with E-state index in [2.05, 4.69) is 20.7 Å². The number of nitrogens with one attached hydrogen (secondary N) is 1. The van der Waals surface area contributed by atoms with Gasteiger partial charge in [-0.25, -0.2) is 13.1 Å². The van der Waals surface area contributed by atoms with E-state index in [1.165, 1.54) is 0 Å². The first-order chi connectivity index (χ1) is 9.40. The Bertz CT molecular complexity index is 678. The zero-order valence-corrected chi connectivity index (χ0v) is 14.0. The lowest BCUT2D eigenvalue weighted by molar-refractivity contribution is 0.161. The van der Waals surface area contributed by atoms with Crippen LogP contribution in [0.2, 0.25) is 0 Å². The number of aromatic nitrogens is 1. The fraction of sp³-hybridized carbons (Fsp3) is 0.333. The molecule has 0 saturated carbocycles. The Hall–Kier alpha value is -0.670. The van der Waals surface area contributed by atoms with Crippen LogP contribution in [0.1, 0.15) is 18.2 Å². The van der Waals surface area contributed by atoms with Crippen molar-refractivity contribution in [1.82, 2.24) is 9.29 Å². The molecule has 2 rings (SSSR count). The molecule has 0 unspecified atom stereocenters. The first-order valence-corrected chi connectivity index (χ1v) is 9.04. The number of thiophene rings is 1. The molecule has 2 aromatic rings. The van der Waals surface area contributed by atoms with E-state index >= 15 is 0 Å². The predicted octanol–water partition coefficient (Wildman–Crippen LogP) is 2.25. The van der Waals surface area contributed by atoms with Crippen molar-refractivity contribution in [1.29, 1.82) is 0 Å². The van der Waals surface area contributed by atoms with Crippen LogP contribution in [0.25, 0.3) is 0 Å². The highest BCUT2D eigenvalue weighted by Gasteiger charge is 2.17. The second kappa shape index (κ2) is 6.40. The van der Waals surface area contributed by atoms with Crippen LogP contribution in [0.5, 0.6) is 0 Å². The van der Waals surface area contributed by atoms with Crippen LogP contribution in [0, 0.1) is 0 Å². The molecule has 0 aliphatic carbocycles. The summed E-state index contributed by atoms with van der Waals surface area (Å²) in [6.07, 6.45) is 1.47. The molecule has 8 heteroatoms. The maximum Gasteiger partial charge on any atom is 0.250 e. The molecule has 0 amide bonds. The molecule has 5 nitrogen and oxygen atoms in total. The number of nitrogens with zero attached hydrogens (tertiary/aromatic N) is 1. The molecule has 0 aromatic carbocycles. The van der Waals surface area contributed by atoms with Gasteiger partial charge >= 0.3 is 0 Å². The van der Waals surface area contributed by atoms with E-state index in [4.69, 9.17) is 0 Å². The Labute approximate surface area is 130 Å². The molecule has 0 aliphatic rings. The summed E-state index contributed by atoms with van der Waals surface area (Å²) in [4.78, 5) is 0. The van der Waals surface area contributed by atoms with Crippen LogP contribution in [0.4, 0.5) is 0 Å². The second-order valence-corrected chi connectivity index (χ2v) is 8.76. The molecule has 110 valence electrons. The summed E-state index contributed by atoms with van der Waals surface area (Å²) in [6, 6.07) is 6.89. The highest BCUT2D eigenvalue weighted by Crippen LogP contribution is 2.26. The highest BCUT2D eigenvalue weighted by molar-refractivity contribution is 9.11. The average Bonchev–Trinajstić information content (AvgIpc) is 2.98. The molecule has 0 radical (unpaired) electrons. The van der Waals surface area contributed by atoms with Crippen molar-refractivity contribution in [2.45, 2.75) is 16.7 Å². The van der Waals surface area contributed by atoms with Crippen LogP contribution in [0.3, 0.4) is 0 Å². The van der Waals surface area contributed by atoms with Gasteiger partial charge in [-0.1, -0.05) is 0 Å². The summed E-state index contributed by atoms with van der Waals surface area (Å²) in [7, 11) is -1.65. The predicted molar refractivity (Wildman–Crippen MR) is 82.2 cm³/mol. The zero-order valence-electron chi connectivity index (χ0n) is 10.8. The van der Waals surface area contributed by atoms with Gasteiger partial charge in [0.2, 0.25) is 10.0 Å². The standard InChI is InChI=1S/C12H15BrN2O3S2/c1-15-8-2-3-9(15)10(16)6-7-14-20(17,18)12-5-4-11(13)19-12/h2-5,8,10,14,16H,6-7H2,1H3/t10-/m0/s1. The van der Waals surface area contributed by atoms with E-state index in [1.807, 2.05) is 29.9 Å². The lowest BCUT2D eigenvalue weighted by atomic mass is 10.2. The van der Waals surface area contributed by atoms with Crippen molar-refractivity contribution < 1.29 is 13.5 Å². The van der Waals surface area contributed by atoms with Gasteiger partial charge in [0.1, 0.15) is 4.21 Å². The SMILES string of the molecule is Cn1cccc1[C@@H](O)CCNS(=O)(=O)c1ccc(Br)s1. The zero-order chi connectivity index (χ0) is 14.8. The van der Waals surface area contributed by atoms with Gasteiger partial charge in [0.15, 0.2) is 0 Å². The van der Waals surface area contributed by atoms with Gasteiger partial charge in [-0.2, -0.15) is 0 Å². The first kappa shape index (κ1) is 15.7. The molecule has 2 aromatic heterocycles. The summed E-state index contributed by atoms with van der Waals surface area (Å²) in [5.74, 6) is 0. The lowest BCUT2D eigenvalue weighted by Crippen LogP contribution is -2.25. The Balaban J connectivity index is 1.91. The minimum atomic E-state index is -3.49. The van der Waals surface area contributed by atoms with Crippen LogP contribution >= 0.6 is 27.3 Å². The largest absolute Gasteiger partial charge is 0.387 e. The first-order valence-electron chi connectivity index (χ1n) is 5.94. The molecule has 2 N–H and O–H groups in total. The minimum Gasteiger partial charge on any atom is -0.387 e. The normalized spacial score (nSPS) is 13.6. The number of aliphatic hydroxyl groups is 1. The van der Waals surface area contributed by atoms with Crippen molar-refractivity contribution in [2.75, 3.05) is 6.54 Å². The quantitative estimate of drug-likeness (QED) is 0.809. The van der Waals surface area contributed by atoms with Gasteiger partial charge in [-0.3, -0.25) is 0 Å². The molecular weight excluding hydrogens is 364 g/mol. The Kier molecular flexibility index (Phi) is 5.03. The van der Waals surface area contributed by atoms with Crippen LogP contribution in [0.15, 0.2) is 38.5 Å². The third-order valence-corrected chi connectivity index (χ3v) is 6.43. The van der Waals surface area contributed by atoms with Crippen molar-refractivity contribution >= 4 is 37.3 Å². The number of rotatable bonds is 6. The molecule has 0 spiro atoms. The van der Waals surface area contributed by atoms with E-state index in [0.717, 1.165) is 20.8 Å². The van der Waals surface area contributed by atoms with E-state index in [-0.39, 0.29) is 10.8 Å². The van der Waals surface area contributed by atoms with Crippen molar-refractivity contribution in [2.24, 2.45) is 7.05 Å². The summed E-state index contributed by atoms with van der Waals surface area (Å²) < 4.78 is 29.3. The molecule has 0 fully saturated rings. The Morgan fingerprint density at radius 2 is 2.20 bits per heavy atom. The van der Waals surface area contributed by atoms with Gasteiger partial charge in [0.05, 0.1) is 9.89 Å². The third kappa shape index (κ3) is 3.70. The Morgan fingerprint density at radius 1 is 1.45 bits per heavy atom. The van der Waals surface area contributed by atoms with Gasteiger partial charge in [0, 0.05) is 25.5 Å². The summed E-state index contributed by atoms with van der Waals surface area (Å²) in [6.45, 7) is 0.185. The van der Waals surface area contributed by atoms with Crippen molar-refractivity contribution in [3.63, 3.8) is 0 Å². The lowest BCUT2D eigenvalue weighted by Gasteiger charge is -2.12. The second-order valence-electron chi connectivity index (χ2n) is 4.30. The molecule has 1 atom stereocenters. The summed E-state index contributed by atoms with van der Waals surface area (Å²) in [5.41, 5.74) is 0.767. The maximum absolute atomic E-state index is 12.0. The molecule has 0 aliphatic heterocycles. The van der Waals surface area contributed by atoms with E-state index in [9.17, 15) is 13.5 Å². The van der Waals surface area contributed by atoms with Crippen molar-refractivity contribution in [3.8, 4) is 0 Å². The third-order valence-electron chi connectivity index (χ3n) is 2.85. The monoisotopic (exact) mass is 378 g/mol. The van der Waals surface area contributed by atoms with Gasteiger partial charge in [-0.05, 0) is 46.6 Å². The number of sulfonamides is 1. The summed E-state index contributed by atoms with van der Waals surface area (Å²) in [5, 5.41) is 10.0. The summed E-state index contributed by atoms with van der Waals surface area (Å²) >= 11 is 4.39. The van der Waals surface area contributed by atoms with E-state index in [1.54, 1.807) is 12.1 Å². The molecular formula is C12H15BrN2O3S2. The van der Waals surface area contributed by atoms with Crippen molar-refractivity contribution in [3.05, 3.63) is 39.9 Å².